The van der Waals surface area contributed by atoms with Gasteiger partial charge in [0.05, 0.1) is 6.04 Å². The monoisotopic (exact) mass is 273 g/mol. The smallest absolute Gasteiger partial charge is 0.237 e. The third-order valence-electron chi connectivity index (χ3n) is 3.16. The van der Waals surface area contributed by atoms with E-state index < -0.39 is 0 Å². The minimum atomic E-state index is -0.204. The Labute approximate surface area is 118 Å². The number of nitrogens with one attached hydrogen (secondary N) is 2. The van der Waals surface area contributed by atoms with Gasteiger partial charge in [-0.05, 0) is 37.5 Å². The number of hydrogen-bond acceptors (Lipinski definition) is 4. The van der Waals surface area contributed by atoms with Gasteiger partial charge in [-0.15, -0.1) is 0 Å². The van der Waals surface area contributed by atoms with Crippen LogP contribution >= 0.6 is 0 Å². The Balaban J connectivity index is 1.75. The van der Waals surface area contributed by atoms with Crippen LogP contribution in [0.25, 0.3) is 0 Å². The molecule has 5 nitrogen and oxygen atoms in total. The highest BCUT2D eigenvalue weighted by molar-refractivity contribution is 5.81. The van der Waals surface area contributed by atoms with E-state index in [9.17, 15) is 4.79 Å². The highest BCUT2D eigenvalue weighted by atomic mass is 16.5. The first-order valence-electron chi connectivity index (χ1n) is 6.81. The highest BCUT2D eigenvalue weighted by Crippen LogP contribution is 2.18. The number of nitrogens with zero attached hydrogens (tertiary/aromatic N) is 1. The average Bonchev–Trinajstić information content (AvgIpc) is 3.27. The lowest BCUT2D eigenvalue weighted by atomic mass is 10.2. The molecule has 1 unspecified atom stereocenters. The molecule has 0 spiro atoms. The molecule has 1 fully saturated rings. The van der Waals surface area contributed by atoms with Gasteiger partial charge in [-0.2, -0.15) is 5.26 Å². The fraction of sp³-hybridized carbons (Fsp3) is 0.467. The standard InChI is InChI=1S/C15H19N3O2/c1-11(15(19)18-13-4-5-13)17-10-12-2-6-14(7-3-12)20-9-8-16/h2-3,6-7,11,13,17H,4-5,9-10H2,1H3,(H,18,19). The van der Waals surface area contributed by atoms with Gasteiger partial charge in [-0.25, -0.2) is 0 Å². The number of rotatable bonds is 7. The quantitative estimate of drug-likeness (QED) is 0.786. The zero-order chi connectivity index (χ0) is 14.4. The minimum absolute atomic E-state index is 0.0516. The number of ether oxygens (including phenoxy) is 1. The van der Waals surface area contributed by atoms with Crippen molar-refractivity contribution >= 4 is 5.91 Å². The topological polar surface area (TPSA) is 74.1 Å². The normalized spacial score (nSPS) is 15.2. The molecular weight excluding hydrogens is 254 g/mol. The minimum Gasteiger partial charge on any atom is -0.479 e. The van der Waals surface area contributed by atoms with Crippen molar-refractivity contribution in [1.82, 2.24) is 10.6 Å². The average molecular weight is 273 g/mol. The largest absolute Gasteiger partial charge is 0.479 e. The van der Waals surface area contributed by atoms with Gasteiger partial charge >= 0.3 is 0 Å². The van der Waals surface area contributed by atoms with Gasteiger partial charge in [0.25, 0.3) is 0 Å². The summed E-state index contributed by atoms with van der Waals surface area (Å²) >= 11 is 0. The van der Waals surface area contributed by atoms with Gasteiger partial charge in [-0.3, -0.25) is 4.79 Å². The van der Waals surface area contributed by atoms with Crippen molar-refractivity contribution in [3.8, 4) is 11.8 Å². The van der Waals surface area contributed by atoms with Crippen molar-refractivity contribution in [2.24, 2.45) is 0 Å². The van der Waals surface area contributed by atoms with Gasteiger partial charge in [0.1, 0.15) is 11.8 Å². The number of hydrogen-bond donors (Lipinski definition) is 2. The summed E-state index contributed by atoms with van der Waals surface area (Å²) in [5.41, 5.74) is 1.07. The lowest BCUT2D eigenvalue weighted by Crippen LogP contribution is -2.42. The van der Waals surface area contributed by atoms with E-state index in [1.54, 1.807) is 0 Å². The van der Waals surface area contributed by atoms with Crippen LogP contribution in [-0.2, 0) is 11.3 Å². The van der Waals surface area contributed by atoms with Crippen LogP contribution in [0.1, 0.15) is 25.3 Å². The number of amides is 1. The van der Waals surface area contributed by atoms with E-state index in [0.29, 0.717) is 18.3 Å². The number of carbonyl (C=O) groups excluding carboxylic acids is 1. The number of benzene rings is 1. The fourth-order valence-electron chi connectivity index (χ4n) is 1.74. The van der Waals surface area contributed by atoms with E-state index in [0.717, 1.165) is 18.4 Å². The van der Waals surface area contributed by atoms with Gasteiger partial charge in [0.2, 0.25) is 5.91 Å². The Morgan fingerprint density at radius 1 is 1.45 bits per heavy atom. The van der Waals surface area contributed by atoms with Crippen LogP contribution in [0.3, 0.4) is 0 Å². The Hall–Kier alpha value is -2.06. The molecule has 0 heterocycles. The van der Waals surface area contributed by atoms with Crippen LogP contribution in [-0.4, -0.2) is 24.6 Å². The van der Waals surface area contributed by atoms with E-state index in [-0.39, 0.29) is 18.6 Å². The molecule has 2 N–H and O–H groups in total. The second-order valence-corrected chi connectivity index (χ2v) is 4.98. The molecule has 1 aromatic rings. The third kappa shape index (κ3) is 4.56. The summed E-state index contributed by atoms with van der Waals surface area (Å²) in [6.45, 7) is 2.54. The van der Waals surface area contributed by atoms with Crippen LogP contribution in [0.4, 0.5) is 0 Å². The zero-order valence-corrected chi connectivity index (χ0v) is 11.6. The molecule has 1 amide bonds. The summed E-state index contributed by atoms with van der Waals surface area (Å²) in [5, 5.41) is 14.6. The number of carbonyl (C=O) groups is 1. The van der Waals surface area contributed by atoms with E-state index in [1.807, 2.05) is 37.3 Å². The lowest BCUT2D eigenvalue weighted by molar-refractivity contribution is -0.122. The molecule has 106 valence electrons. The summed E-state index contributed by atoms with van der Waals surface area (Å²) in [4.78, 5) is 11.8. The van der Waals surface area contributed by atoms with Gasteiger partial charge in [0, 0.05) is 12.6 Å². The van der Waals surface area contributed by atoms with Crippen molar-refractivity contribution in [2.75, 3.05) is 6.61 Å². The Morgan fingerprint density at radius 3 is 2.75 bits per heavy atom. The van der Waals surface area contributed by atoms with Crippen molar-refractivity contribution in [2.45, 2.75) is 38.4 Å². The van der Waals surface area contributed by atoms with Crippen LogP contribution in [0.2, 0.25) is 0 Å². The molecule has 0 radical (unpaired) electrons. The second-order valence-electron chi connectivity index (χ2n) is 4.98. The molecule has 1 aliphatic rings. The molecule has 5 heteroatoms. The highest BCUT2D eigenvalue weighted by Gasteiger charge is 2.25. The third-order valence-corrected chi connectivity index (χ3v) is 3.16. The summed E-state index contributed by atoms with van der Waals surface area (Å²) in [7, 11) is 0. The molecule has 0 aromatic heterocycles. The Bertz CT molecular complexity index is 489. The summed E-state index contributed by atoms with van der Waals surface area (Å²) in [6, 6.07) is 9.60. The van der Waals surface area contributed by atoms with Crippen LogP contribution in [0.15, 0.2) is 24.3 Å². The van der Waals surface area contributed by atoms with E-state index >= 15 is 0 Å². The van der Waals surface area contributed by atoms with E-state index in [4.69, 9.17) is 10.00 Å². The molecule has 0 saturated heterocycles. The maximum Gasteiger partial charge on any atom is 0.237 e. The van der Waals surface area contributed by atoms with Crippen molar-refractivity contribution < 1.29 is 9.53 Å². The molecule has 0 aliphatic heterocycles. The predicted molar refractivity (Wildman–Crippen MR) is 75.0 cm³/mol. The van der Waals surface area contributed by atoms with Crippen LogP contribution in [0.5, 0.6) is 5.75 Å². The van der Waals surface area contributed by atoms with Crippen molar-refractivity contribution in [3.05, 3.63) is 29.8 Å². The van der Waals surface area contributed by atoms with E-state index in [2.05, 4.69) is 10.6 Å². The van der Waals surface area contributed by atoms with Gasteiger partial charge < -0.3 is 15.4 Å². The Morgan fingerprint density at radius 2 is 2.15 bits per heavy atom. The molecule has 0 bridgehead atoms. The van der Waals surface area contributed by atoms with Gasteiger partial charge in [-0.1, -0.05) is 12.1 Å². The lowest BCUT2D eigenvalue weighted by Gasteiger charge is -2.14. The molecule has 20 heavy (non-hydrogen) atoms. The first kappa shape index (κ1) is 14.4. The molecular formula is C15H19N3O2. The summed E-state index contributed by atoms with van der Waals surface area (Å²) in [5.74, 6) is 0.733. The van der Waals surface area contributed by atoms with Crippen molar-refractivity contribution in [1.29, 1.82) is 5.26 Å². The van der Waals surface area contributed by atoms with Crippen molar-refractivity contribution in [3.63, 3.8) is 0 Å². The fourth-order valence-corrected chi connectivity index (χ4v) is 1.74. The molecule has 1 aliphatic carbocycles. The first-order chi connectivity index (χ1) is 9.69. The molecule has 1 atom stereocenters. The summed E-state index contributed by atoms with van der Waals surface area (Å²) in [6.07, 6.45) is 2.20. The SMILES string of the molecule is CC(NCc1ccc(OCC#N)cc1)C(=O)NC1CC1. The van der Waals surface area contributed by atoms with Crippen LogP contribution in [0, 0.1) is 11.3 Å². The van der Waals surface area contributed by atoms with E-state index in [1.165, 1.54) is 0 Å². The molecule has 1 aromatic carbocycles. The zero-order valence-electron chi connectivity index (χ0n) is 11.6. The maximum atomic E-state index is 11.8. The first-order valence-corrected chi connectivity index (χ1v) is 6.81. The second kappa shape index (κ2) is 6.92. The Kier molecular flexibility index (Phi) is 4.97. The molecule has 1 saturated carbocycles. The predicted octanol–water partition coefficient (Wildman–Crippen LogP) is 1.35. The van der Waals surface area contributed by atoms with Crippen LogP contribution < -0.4 is 15.4 Å². The molecule has 2 rings (SSSR count). The number of nitriles is 1. The summed E-state index contributed by atoms with van der Waals surface area (Å²) < 4.78 is 5.18. The maximum absolute atomic E-state index is 11.8. The van der Waals surface area contributed by atoms with Gasteiger partial charge in [0.15, 0.2) is 6.61 Å².